The SMILES string of the molecule is CCN1C(=O)C(c2ccn[nH]2)C(C)c2c(C)nc(NCCF)nc21. The molecular weight excluding hydrogens is 311 g/mol. The van der Waals surface area contributed by atoms with Crippen molar-refractivity contribution in [2.45, 2.75) is 32.6 Å². The van der Waals surface area contributed by atoms with Gasteiger partial charge in [-0.2, -0.15) is 10.1 Å². The Hall–Kier alpha value is -2.51. The molecule has 0 saturated heterocycles. The van der Waals surface area contributed by atoms with E-state index in [0.717, 1.165) is 17.0 Å². The highest BCUT2D eigenvalue weighted by Crippen LogP contribution is 2.43. The van der Waals surface area contributed by atoms with Gasteiger partial charge < -0.3 is 5.32 Å². The van der Waals surface area contributed by atoms with E-state index in [9.17, 15) is 9.18 Å². The summed E-state index contributed by atoms with van der Waals surface area (Å²) >= 11 is 0. The molecule has 24 heavy (non-hydrogen) atoms. The molecule has 2 atom stereocenters. The highest BCUT2D eigenvalue weighted by Gasteiger charge is 2.41. The Morgan fingerprint density at radius 1 is 1.42 bits per heavy atom. The maximum atomic E-state index is 13.0. The molecule has 0 spiro atoms. The van der Waals surface area contributed by atoms with Crippen molar-refractivity contribution >= 4 is 17.7 Å². The molecule has 1 aliphatic rings. The predicted molar refractivity (Wildman–Crippen MR) is 89.0 cm³/mol. The van der Waals surface area contributed by atoms with Crippen LogP contribution in [-0.2, 0) is 4.79 Å². The maximum absolute atomic E-state index is 13.0. The Labute approximate surface area is 139 Å². The van der Waals surface area contributed by atoms with Gasteiger partial charge in [0, 0.05) is 42.2 Å². The van der Waals surface area contributed by atoms with Crippen molar-refractivity contribution in [2.75, 3.05) is 30.0 Å². The molecule has 0 bridgehead atoms. The minimum atomic E-state index is -0.506. The lowest BCUT2D eigenvalue weighted by molar-refractivity contribution is -0.121. The third-order valence-electron chi connectivity index (χ3n) is 4.41. The van der Waals surface area contributed by atoms with E-state index in [1.807, 2.05) is 26.8 Å². The third kappa shape index (κ3) is 2.61. The Kier molecular flexibility index (Phi) is 4.46. The van der Waals surface area contributed by atoms with Gasteiger partial charge in [0.2, 0.25) is 11.9 Å². The van der Waals surface area contributed by atoms with Gasteiger partial charge in [-0.15, -0.1) is 0 Å². The van der Waals surface area contributed by atoms with Gasteiger partial charge in [-0.1, -0.05) is 6.92 Å². The Morgan fingerprint density at radius 2 is 2.21 bits per heavy atom. The number of rotatable bonds is 5. The number of aromatic amines is 1. The van der Waals surface area contributed by atoms with E-state index in [2.05, 4.69) is 25.5 Å². The van der Waals surface area contributed by atoms with Gasteiger partial charge in [0.15, 0.2) is 0 Å². The van der Waals surface area contributed by atoms with Crippen molar-refractivity contribution in [1.29, 1.82) is 0 Å². The van der Waals surface area contributed by atoms with Crippen LogP contribution in [0.25, 0.3) is 0 Å². The molecule has 0 aliphatic carbocycles. The summed E-state index contributed by atoms with van der Waals surface area (Å²) in [7, 11) is 0. The molecule has 1 amide bonds. The zero-order valence-electron chi connectivity index (χ0n) is 14.0. The molecule has 8 heteroatoms. The largest absolute Gasteiger partial charge is 0.352 e. The number of likely N-dealkylation sites (N-methyl/N-ethyl adjacent to an activating group) is 1. The van der Waals surface area contributed by atoms with E-state index in [1.165, 1.54) is 0 Å². The molecular formula is C16H21FN6O. The van der Waals surface area contributed by atoms with E-state index in [1.54, 1.807) is 11.1 Å². The number of carbonyl (C=O) groups is 1. The van der Waals surface area contributed by atoms with Crippen LogP contribution in [0, 0.1) is 6.92 Å². The first-order chi connectivity index (χ1) is 11.6. The van der Waals surface area contributed by atoms with E-state index >= 15 is 0 Å². The van der Waals surface area contributed by atoms with Gasteiger partial charge in [-0.05, 0) is 19.9 Å². The third-order valence-corrected chi connectivity index (χ3v) is 4.41. The number of fused-ring (bicyclic) bond motifs is 1. The van der Waals surface area contributed by atoms with Gasteiger partial charge >= 0.3 is 0 Å². The second-order valence-corrected chi connectivity index (χ2v) is 5.85. The minimum absolute atomic E-state index is 0.0173. The fourth-order valence-electron chi connectivity index (χ4n) is 3.34. The average Bonchev–Trinajstić information content (AvgIpc) is 3.07. The van der Waals surface area contributed by atoms with Gasteiger partial charge in [0.25, 0.3) is 0 Å². The van der Waals surface area contributed by atoms with Crippen LogP contribution in [0.5, 0.6) is 0 Å². The minimum Gasteiger partial charge on any atom is -0.352 e. The van der Waals surface area contributed by atoms with Crippen LogP contribution in [-0.4, -0.2) is 45.8 Å². The summed E-state index contributed by atoms with van der Waals surface area (Å²) < 4.78 is 12.4. The molecule has 7 nitrogen and oxygen atoms in total. The topological polar surface area (TPSA) is 86.8 Å². The Bertz CT molecular complexity index is 732. The van der Waals surface area contributed by atoms with Gasteiger partial charge in [-0.25, -0.2) is 9.37 Å². The second-order valence-electron chi connectivity index (χ2n) is 5.85. The van der Waals surface area contributed by atoms with Gasteiger partial charge in [-0.3, -0.25) is 14.8 Å². The first-order valence-corrected chi connectivity index (χ1v) is 8.07. The van der Waals surface area contributed by atoms with E-state index in [0.29, 0.717) is 18.3 Å². The molecule has 2 N–H and O–H groups in total. The summed E-state index contributed by atoms with van der Waals surface area (Å²) in [5, 5.41) is 9.73. The lowest BCUT2D eigenvalue weighted by Crippen LogP contribution is -2.43. The summed E-state index contributed by atoms with van der Waals surface area (Å²) in [4.78, 5) is 23.6. The van der Waals surface area contributed by atoms with Crippen molar-refractivity contribution in [1.82, 2.24) is 20.2 Å². The number of aromatic nitrogens is 4. The van der Waals surface area contributed by atoms with Crippen molar-refractivity contribution in [2.24, 2.45) is 0 Å². The molecule has 2 aromatic rings. The number of aryl methyl sites for hydroxylation is 1. The van der Waals surface area contributed by atoms with Crippen molar-refractivity contribution < 1.29 is 9.18 Å². The highest BCUT2D eigenvalue weighted by molar-refractivity contribution is 6.01. The molecule has 0 fully saturated rings. The van der Waals surface area contributed by atoms with E-state index in [-0.39, 0.29) is 24.3 Å². The lowest BCUT2D eigenvalue weighted by atomic mass is 9.80. The summed E-state index contributed by atoms with van der Waals surface area (Å²) in [6.45, 7) is 5.94. The number of hydrogen-bond acceptors (Lipinski definition) is 5. The molecule has 2 unspecified atom stereocenters. The standard InChI is InChI=1S/C16H21FN6O/c1-4-23-14-12(10(3)20-16(21-14)18-8-6-17)9(2)13(15(23)24)11-5-7-19-22-11/h5,7,9,13H,4,6,8H2,1-3H3,(H,19,22)(H,18,20,21). The molecule has 0 aromatic carbocycles. The zero-order valence-corrected chi connectivity index (χ0v) is 14.0. The van der Waals surface area contributed by atoms with Crippen molar-refractivity contribution in [3.8, 4) is 0 Å². The molecule has 1 aliphatic heterocycles. The molecule has 0 saturated carbocycles. The van der Waals surface area contributed by atoms with Crippen LogP contribution >= 0.6 is 0 Å². The van der Waals surface area contributed by atoms with Crippen molar-refractivity contribution in [3.05, 3.63) is 29.2 Å². The normalized spacial score (nSPS) is 20.2. The Balaban J connectivity index is 2.09. The smallest absolute Gasteiger partial charge is 0.237 e. The zero-order chi connectivity index (χ0) is 17.3. The van der Waals surface area contributed by atoms with Crippen LogP contribution in [0.15, 0.2) is 12.3 Å². The molecule has 0 radical (unpaired) electrons. The Morgan fingerprint density at radius 3 is 2.83 bits per heavy atom. The number of carbonyl (C=O) groups excluding carboxylic acids is 1. The summed E-state index contributed by atoms with van der Waals surface area (Å²) in [6.07, 6.45) is 1.65. The number of anilines is 2. The first kappa shape index (κ1) is 16.4. The molecule has 3 rings (SSSR count). The van der Waals surface area contributed by atoms with Gasteiger partial charge in [0.1, 0.15) is 12.5 Å². The summed E-state index contributed by atoms with van der Waals surface area (Å²) in [6, 6.07) is 1.82. The van der Waals surface area contributed by atoms with E-state index < -0.39 is 6.67 Å². The van der Waals surface area contributed by atoms with Crippen LogP contribution in [0.2, 0.25) is 0 Å². The van der Waals surface area contributed by atoms with Crippen molar-refractivity contribution in [3.63, 3.8) is 0 Å². The number of alkyl halides is 1. The molecule has 3 heterocycles. The quantitative estimate of drug-likeness (QED) is 0.876. The lowest BCUT2D eigenvalue weighted by Gasteiger charge is -2.37. The average molecular weight is 332 g/mol. The number of nitrogens with one attached hydrogen (secondary N) is 2. The maximum Gasteiger partial charge on any atom is 0.237 e. The number of H-pyrrole nitrogens is 1. The summed E-state index contributed by atoms with van der Waals surface area (Å²) in [5.74, 6) is 0.524. The summed E-state index contributed by atoms with van der Waals surface area (Å²) in [5.41, 5.74) is 2.53. The second kappa shape index (κ2) is 6.54. The number of nitrogens with zero attached hydrogens (tertiary/aromatic N) is 4. The molecule has 2 aromatic heterocycles. The number of amides is 1. The molecule has 128 valence electrons. The fraction of sp³-hybridized carbons (Fsp3) is 0.500. The first-order valence-electron chi connectivity index (χ1n) is 8.07. The monoisotopic (exact) mass is 332 g/mol. The highest BCUT2D eigenvalue weighted by atomic mass is 19.1. The van der Waals surface area contributed by atoms with E-state index in [4.69, 9.17) is 0 Å². The fourth-order valence-corrected chi connectivity index (χ4v) is 3.34. The number of hydrogen-bond donors (Lipinski definition) is 2. The van der Waals surface area contributed by atoms with Crippen LogP contribution in [0.4, 0.5) is 16.2 Å². The number of halogens is 1. The van der Waals surface area contributed by atoms with Crippen LogP contribution in [0.1, 0.15) is 42.6 Å². The predicted octanol–water partition coefficient (Wildman–Crippen LogP) is 2.14. The van der Waals surface area contributed by atoms with Crippen LogP contribution in [0.3, 0.4) is 0 Å². The van der Waals surface area contributed by atoms with Crippen LogP contribution < -0.4 is 10.2 Å². The van der Waals surface area contributed by atoms with Gasteiger partial charge in [0.05, 0.1) is 5.92 Å².